The monoisotopic (exact) mass is 559 g/mol. The van der Waals surface area contributed by atoms with Crippen molar-refractivity contribution < 1.29 is 9.59 Å². The maximum atomic E-state index is 13.4. The molecule has 0 spiro atoms. The SMILES string of the molecule is CC(=O)c1c(C2CC3CC[C@H](C2)N3C(=O)c2c[nH]ccc2=O)nc2c(-c3ccc(-c4ccccc4)nc3)cnn2c1N. The molecule has 2 aliphatic heterocycles. The summed E-state index contributed by atoms with van der Waals surface area (Å²) in [6, 6.07) is 15.2. The summed E-state index contributed by atoms with van der Waals surface area (Å²) >= 11 is 0. The number of benzene rings is 1. The Balaban J connectivity index is 1.25. The Morgan fingerprint density at radius 2 is 1.74 bits per heavy atom. The average molecular weight is 560 g/mol. The highest BCUT2D eigenvalue weighted by Gasteiger charge is 2.45. The molecule has 2 bridgehead atoms. The number of hydrogen-bond donors (Lipinski definition) is 2. The summed E-state index contributed by atoms with van der Waals surface area (Å²) in [6.45, 7) is 1.49. The van der Waals surface area contributed by atoms with Crippen molar-refractivity contribution in [3.8, 4) is 22.4 Å². The molecule has 7 rings (SSSR count). The van der Waals surface area contributed by atoms with Gasteiger partial charge in [-0.15, -0.1) is 0 Å². The molecule has 1 aromatic carbocycles. The van der Waals surface area contributed by atoms with Crippen LogP contribution in [0.2, 0.25) is 0 Å². The fourth-order valence-electron chi connectivity index (χ4n) is 6.68. The zero-order valence-corrected chi connectivity index (χ0v) is 23.0. The number of anilines is 1. The summed E-state index contributed by atoms with van der Waals surface area (Å²) < 4.78 is 1.52. The molecular weight excluding hydrogens is 530 g/mol. The zero-order valence-electron chi connectivity index (χ0n) is 23.0. The van der Waals surface area contributed by atoms with Crippen molar-refractivity contribution in [2.24, 2.45) is 0 Å². The van der Waals surface area contributed by atoms with Crippen molar-refractivity contribution in [1.29, 1.82) is 0 Å². The number of carbonyl (C=O) groups is 2. The average Bonchev–Trinajstić information content (AvgIpc) is 3.55. The third-order valence-corrected chi connectivity index (χ3v) is 8.62. The van der Waals surface area contributed by atoms with Crippen LogP contribution in [0.5, 0.6) is 0 Å². The van der Waals surface area contributed by atoms with E-state index in [-0.39, 0.29) is 46.5 Å². The molecule has 2 aliphatic rings. The van der Waals surface area contributed by atoms with E-state index in [9.17, 15) is 14.4 Å². The van der Waals surface area contributed by atoms with Gasteiger partial charge < -0.3 is 15.6 Å². The lowest BCUT2D eigenvalue weighted by Gasteiger charge is -2.39. The van der Waals surface area contributed by atoms with Crippen LogP contribution in [0.1, 0.15) is 64.9 Å². The van der Waals surface area contributed by atoms with E-state index in [1.54, 1.807) is 12.4 Å². The summed E-state index contributed by atoms with van der Waals surface area (Å²) in [5, 5.41) is 4.49. The van der Waals surface area contributed by atoms with E-state index in [0.717, 1.165) is 35.2 Å². The first-order chi connectivity index (χ1) is 20.4. The molecule has 42 heavy (non-hydrogen) atoms. The number of aromatic amines is 1. The standard InChI is InChI=1S/C32H29N7O3/c1-18(40)28-29(21-13-22-8-9-23(14-21)38(22)32(42)25-16-34-12-11-27(25)41)37-31-24(17-36-39(31)30(28)33)20-7-10-26(35-15-20)19-5-3-2-4-6-19/h2-7,10-12,15-17,21-23H,8-9,13-14,33H2,1H3,(H,34,41)/t21?,22-,23?/m1/s1. The van der Waals surface area contributed by atoms with Crippen LogP contribution in [0.3, 0.4) is 0 Å². The summed E-state index contributed by atoms with van der Waals surface area (Å²) in [6.07, 6.45) is 9.43. The number of nitrogens with zero attached hydrogens (tertiary/aromatic N) is 5. The Kier molecular flexibility index (Phi) is 6.18. The van der Waals surface area contributed by atoms with Crippen molar-refractivity contribution in [3.05, 3.63) is 100 Å². The van der Waals surface area contributed by atoms with E-state index in [1.807, 2.05) is 47.4 Å². The molecule has 0 aliphatic carbocycles. The minimum atomic E-state index is -0.293. The first-order valence-corrected chi connectivity index (χ1v) is 14.1. The molecule has 210 valence electrons. The van der Waals surface area contributed by atoms with Gasteiger partial charge in [0.2, 0.25) is 0 Å². The summed E-state index contributed by atoms with van der Waals surface area (Å²) in [4.78, 5) is 53.1. The minimum Gasteiger partial charge on any atom is -0.383 e. The van der Waals surface area contributed by atoms with Crippen molar-refractivity contribution in [1.82, 2.24) is 29.5 Å². The normalized spacial score (nSPS) is 19.7. The molecule has 0 radical (unpaired) electrons. The molecule has 2 saturated heterocycles. The Labute approximate surface area is 241 Å². The number of aromatic nitrogens is 5. The lowest BCUT2D eigenvalue weighted by molar-refractivity contribution is 0.0566. The Hall–Kier alpha value is -5.12. The molecule has 1 amide bonds. The van der Waals surface area contributed by atoms with Crippen LogP contribution in [0.15, 0.2) is 78.1 Å². The number of piperidine rings is 1. The second-order valence-electron chi connectivity index (χ2n) is 11.1. The van der Waals surface area contributed by atoms with Crippen LogP contribution in [-0.4, -0.2) is 53.2 Å². The zero-order chi connectivity index (χ0) is 29.0. The van der Waals surface area contributed by atoms with Crippen LogP contribution in [0.4, 0.5) is 5.82 Å². The van der Waals surface area contributed by atoms with Gasteiger partial charge in [0.1, 0.15) is 11.4 Å². The van der Waals surface area contributed by atoms with Gasteiger partial charge >= 0.3 is 0 Å². The predicted octanol–water partition coefficient (Wildman–Crippen LogP) is 4.48. The van der Waals surface area contributed by atoms with Gasteiger partial charge in [-0.2, -0.15) is 9.61 Å². The van der Waals surface area contributed by atoms with E-state index in [2.05, 4.69) is 15.1 Å². The molecule has 3 atom stereocenters. The Morgan fingerprint density at radius 1 is 0.976 bits per heavy atom. The summed E-state index contributed by atoms with van der Waals surface area (Å²) in [5.74, 6) is -0.246. The Bertz CT molecular complexity index is 1880. The number of hydrogen-bond acceptors (Lipinski definition) is 7. The fraction of sp³-hybridized carbons (Fsp3) is 0.250. The number of nitrogen functional groups attached to an aromatic ring is 1. The van der Waals surface area contributed by atoms with Crippen LogP contribution >= 0.6 is 0 Å². The largest absolute Gasteiger partial charge is 0.383 e. The first kappa shape index (κ1) is 25.8. The highest BCUT2D eigenvalue weighted by atomic mass is 16.2. The molecule has 10 heteroatoms. The summed E-state index contributed by atoms with van der Waals surface area (Å²) in [7, 11) is 0. The highest BCUT2D eigenvalue weighted by molar-refractivity contribution is 6.00. The maximum Gasteiger partial charge on any atom is 0.259 e. The van der Waals surface area contributed by atoms with Crippen LogP contribution in [0.25, 0.3) is 28.0 Å². The summed E-state index contributed by atoms with van der Waals surface area (Å²) in [5.41, 5.74) is 11.5. The minimum absolute atomic E-state index is 0.0565. The molecule has 2 fully saturated rings. The van der Waals surface area contributed by atoms with Gasteiger partial charge in [-0.3, -0.25) is 19.4 Å². The van der Waals surface area contributed by atoms with E-state index >= 15 is 0 Å². The van der Waals surface area contributed by atoms with Gasteiger partial charge in [-0.25, -0.2) is 4.98 Å². The van der Waals surface area contributed by atoms with Crippen molar-refractivity contribution in [2.75, 3.05) is 5.73 Å². The molecular formula is C32H29N7O3. The molecule has 10 nitrogen and oxygen atoms in total. The van der Waals surface area contributed by atoms with Gasteiger partial charge in [0, 0.05) is 59.3 Å². The molecule has 5 aromatic rings. The third-order valence-electron chi connectivity index (χ3n) is 8.62. The van der Waals surface area contributed by atoms with Gasteiger partial charge in [-0.05, 0) is 38.7 Å². The van der Waals surface area contributed by atoms with E-state index in [0.29, 0.717) is 29.7 Å². The topological polar surface area (TPSA) is 139 Å². The number of nitrogens with one attached hydrogen (secondary N) is 1. The lowest BCUT2D eigenvalue weighted by Crippen LogP contribution is -2.47. The number of amides is 1. The number of Topliss-reactive ketones (excluding diaryl/α,β-unsaturated/α-hetero) is 1. The van der Waals surface area contributed by atoms with Crippen LogP contribution in [-0.2, 0) is 0 Å². The van der Waals surface area contributed by atoms with E-state index in [4.69, 9.17) is 10.7 Å². The fourth-order valence-corrected chi connectivity index (χ4v) is 6.68. The smallest absolute Gasteiger partial charge is 0.259 e. The second kappa shape index (κ2) is 10.1. The second-order valence-corrected chi connectivity index (χ2v) is 11.1. The van der Waals surface area contributed by atoms with Crippen molar-refractivity contribution in [2.45, 2.75) is 50.6 Å². The number of fused-ring (bicyclic) bond motifs is 3. The molecule has 2 unspecified atom stereocenters. The van der Waals surface area contributed by atoms with Gasteiger partial charge in [0.25, 0.3) is 5.91 Å². The van der Waals surface area contributed by atoms with Gasteiger partial charge in [0.15, 0.2) is 16.9 Å². The molecule has 4 aromatic heterocycles. The number of ketones is 1. The number of carbonyl (C=O) groups excluding carboxylic acids is 2. The number of nitrogens with two attached hydrogens (primary N) is 1. The Morgan fingerprint density at radius 3 is 2.40 bits per heavy atom. The van der Waals surface area contributed by atoms with Crippen molar-refractivity contribution in [3.63, 3.8) is 0 Å². The molecule has 0 saturated carbocycles. The van der Waals surface area contributed by atoms with Crippen LogP contribution in [0, 0.1) is 0 Å². The van der Waals surface area contributed by atoms with E-state index < -0.39 is 0 Å². The first-order valence-electron chi connectivity index (χ1n) is 14.1. The van der Waals surface area contributed by atoms with E-state index in [1.165, 1.54) is 29.9 Å². The van der Waals surface area contributed by atoms with Crippen molar-refractivity contribution >= 4 is 23.2 Å². The van der Waals surface area contributed by atoms with Gasteiger partial charge in [-0.1, -0.05) is 36.4 Å². The third kappa shape index (κ3) is 4.18. The molecule has 3 N–H and O–H groups in total. The quantitative estimate of drug-likeness (QED) is 0.303. The number of H-pyrrole nitrogens is 1. The molecule has 6 heterocycles. The van der Waals surface area contributed by atoms with Crippen LogP contribution < -0.4 is 11.2 Å². The highest BCUT2D eigenvalue weighted by Crippen LogP contribution is 2.45. The predicted molar refractivity (Wildman–Crippen MR) is 158 cm³/mol. The lowest BCUT2D eigenvalue weighted by atomic mass is 9.85. The van der Waals surface area contributed by atoms with Gasteiger partial charge in [0.05, 0.1) is 23.1 Å². The maximum absolute atomic E-state index is 13.4. The number of rotatable bonds is 5. The number of pyridine rings is 2.